The lowest BCUT2D eigenvalue weighted by Gasteiger charge is -2.33. The van der Waals surface area contributed by atoms with E-state index in [2.05, 4.69) is 6.92 Å². The maximum Gasteiger partial charge on any atom is 0.259 e. The SMILES string of the molecule is CC1CCC(N(C)C(=O)c2c(F)ccc(N)c2F)CC1. The van der Waals surface area contributed by atoms with Gasteiger partial charge >= 0.3 is 0 Å². The smallest absolute Gasteiger partial charge is 0.259 e. The average molecular weight is 282 g/mol. The predicted molar refractivity (Wildman–Crippen MR) is 74.3 cm³/mol. The van der Waals surface area contributed by atoms with Gasteiger partial charge in [0.15, 0.2) is 5.82 Å². The molecule has 1 aromatic rings. The zero-order valence-electron chi connectivity index (χ0n) is 11.8. The number of nitrogen functional groups attached to an aromatic ring is 1. The summed E-state index contributed by atoms with van der Waals surface area (Å²) in [5.41, 5.74) is 4.65. The summed E-state index contributed by atoms with van der Waals surface area (Å²) < 4.78 is 27.6. The van der Waals surface area contributed by atoms with Gasteiger partial charge in [0.2, 0.25) is 0 Å². The minimum atomic E-state index is -0.967. The molecule has 0 radical (unpaired) electrons. The molecular weight excluding hydrogens is 262 g/mol. The van der Waals surface area contributed by atoms with Gasteiger partial charge in [0.1, 0.15) is 11.4 Å². The van der Waals surface area contributed by atoms with Gasteiger partial charge in [-0.05, 0) is 43.7 Å². The molecule has 2 N–H and O–H groups in total. The van der Waals surface area contributed by atoms with Crippen LogP contribution in [0.2, 0.25) is 0 Å². The van der Waals surface area contributed by atoms with Crippen LogP contribution in [0.3, 0.4) is 0 Å². The van der Waals surface area contributed by atoms with Gasteiger partial charge in [-0.2, -0.15) is 0 Å². The minimum absolute atomic E-state index is 0.0407. The largest absolute Gasteiger partial charge is 0.396 e. The number of nitrogens with zero attached hydrogens (tertiary/aromatic N) is 1. The van der Waals surface area contributed by atoms with E-state index in [0.29, 0.717) is 5.92 Å². The van der Waals surface area contributed by atoms with Gasteiger partial charge in [-0.25, -0.2) is 8.78 Å². The first-order valence-electron chi connectivity index (χ1n) is 6.92. The van der Waals surface area contributed by atoms with Crippen LogP contribution < -0.4 is 5.73 Å². The summed E-state index contributed by atoms with van der Waals surface area (Å²) in [5.74, 6) is -1.81. The molecule has 5 heteroatoms. The number of carbonyl (C=O) groups excluding carboxylic acids is 1. The number of carbonyl (C=O) groups is 1. The van der Waals surface area contributed by atoms with E-state index < -0.39 is 23.1 Å². The first kappa shape index (κ1) is 14.8. The normalized spacial score (nSPS) is 22.6. The molecule has 0 bridgehead atoms. The number of amides is 1. The van der Waals surface area contributed by atoms with Crippen molar-refractivity contribution in [3.63, 3.8) is 0 Å². The van der Waals surface area contributed by atoms with E-state index in [0.717, 1.165) is 37.8 Å². The molecule has 1 fully saturated rings. The number of halogens is 2. The number of benzene rings is 1. The average Bonchev–Trinajstić information content (AvgIpc) is 2.43. The summed E-state index contributed by atoms with van der Waals surface area (Å²) in [7, 11) is 1.60. The zero-order chi connectivity index (χ0) is 14.9. The molecule has 110 valence electrons. The van der Waals surface area contributed by atoms with Gasteiger partial charge in [0.25, 0.3) is 5.91 Å². The Morgan fingerprint density at radius 1 is 1.25 bits per heavy atom. The Kier molecular flexibility index (Phi) is 4.26. The van der Waals surface area contributed by atoms with E-state index in [1.54, 1.807) is 7.05 Å². The van der Waals surface area contributed by atoms with Crippen molar-refractivity contribution >= 4 is 11.6 Å². The molecule has 1 saturated carbocycles. The molecule has 2 rings (SSSR count). The Morgan fingerprint density at radius 3 is 2.45 bits per heavy atom. The monoisotopic (exact) mass is 282 g/mol. The van der Waals surface area contributed by atoms with Crippen LogP contribution in [0, 0.1) is 17.6 Å². The van der Waals surface area contributed by atoms with E-state index in [4.69, 9.17) is 5.73 Å². The number of hydrogen-bond donors (Lipinski definition) is 1. The Hall–Kier alpha value is -1.65. The van der Waals surface area contributed by atoms with Crippen LogP contribution in [-0.2, 0) is 0 Å². The first-order chi connectivity index (χ1) is 9.41. The summed E-state index contributed by atoms with van der Waals surface area (Å²) in [5, 5.41) is 0. The Labute approximate surface area is 117 Å². The second kappa shape index (κ2) is 5.77. The van der Waals surface area contributed by atoms with Gasteiger partial charge < -0.3 is 10.6 Å². The van der Waals surface area contributed by atoms with E-state index in [1.165, 1.54) is 4.90 Å². The summed E-state index contributed by atoms with van der Waals surface area (Å²) in [6.07, 6.45) is 3.80. The molecule has 0 aromatic heterocycles. The lowest BCUT2D eigenvalue weighted by Crippen LogP contribution is -2.40. The van der Waals surface area contributed by atoms with Crippen LogP contribution in [0.5, 0.6) is 0 Å². The van der Waals surface area contributed by atoms with Crippen molar-refractivity contribution in [3.05, 3.63) is 29.3 Å². The Morgan fingerprint density at radius 2 is 1.85 bits per heavy atom. The maximum absolute atomic E-state index is 13.9. The third-order valence-electron chi connectivity index (χ3n) is 4.19. The lowest BCUT2D eigenvalue weighted by atomic mass is 9.86. The molecular formula is C15H20F2N2O. The van der Waals surface area contributed by atoms with Crippen molar-refractivity contribution in [2.24, 2.45) is 5.92 Å². The molecule has 0 saturated heterocycles. The van der Waals surface area contributed by atoms with Crippen LogP contribution >= 0.6 is 0 Å². The topological polar surface area (TPSA) is 46.3 Å². The zero-order valence-corrected chi connectivity index (χ0v) is 11.8. The molecule has 20 heavy (non-hydrogen) atoms. The molecule has 1 aliphatic carbocycles. The van der Waals surface area contributed by atoms with Crippen molar-refractivity contribution in [1.29, 1.82) is 0 Å². The van der Waals surface area contributed by atoms with E-state index in [9.17, 15) is 13.6 Å². The number of rotatable bonds is 2. The summed E-state index contributed by atoms with van der Waals surface area (Å²) >= 11 is 0. The molecule has 1 aliphatic rings. The summed E-state index contributed by atoms with van der Waals surface area (Å²) in [6.45, 7) is 2.18. The second-order valence-electron chi connectivity index (χ2n) is 5.66. The van der Waals surface area contributed by atoms with Gasteiger partial charge in [-0.15, -0.1) is 0 Å². The van der Waals surface area contributed by atoms with Crippen LogP contribution in [0.1, 0.15) is 43.0 Å². The molecule has 3 nitrogen and oxygen atoms in total. The molecule has 0 unspecified atom stereocenters. The first-order valence-corrected chi connectivity index (χ1v) is 6.92. The fraction of sp³-hybridized carbons (Fsp3) is 0.533. The highest BCUT2D eigenvalue weighted by atomic mass is 19.1. The minimum Gasteiger partial charge on any atom is -0.396 e. The van der Waals surface area contributed by atoms with E-state index >= 15 is 0 Å². The Balaban J connectivity index is 2.21. The predicted octanol–water partition coefficient (Wildman–Crippen LogP) is 3.20. The fourth-order valence-corrected chi connectivity index (χ4v) is 2.74. The molecule has 0 aliphatic heterocycles. The Bertz CT molecular complexity index is 511. The van der Waals surface area contributed by atoms with Crippen molar-refractivity contribution in [1.82, 2.24) is 4.90 Å². The number of hydrogen-bond acceptors (Lipinski definition) is 2. The van der Waals surface area contributed by atoms with E-state index in [-0.39, 0.29) is 11.7 Å². The summed E-state index contributed by atoms with van der Waals surface area (Å²) in [6, 6.07) is 2.20. The van der Waals surface area contributed by atoms with Crippen LogP contribution in [0.15, 0.2) is 12.1 Å². The molecule has 0 spiro atoms. The van der Waals surface area contributed by atoms with Gasteiger partial charge in [-0.3, -0.25) is 4.79 Å². The van der Waals surface area contributed by atoms with E-state index in [1.807, 2.05) is 0 Å². The molecule has 1 amide bonds. The van der Waals surface area contributed by atoms with Crippen molar-refractivity contribution in [2.45, 2.75) is 38.6 Å². The molecule has 0 atom stereocenters. The molecule has 1 aromatic carbocycles. The van der Waals surface area contributed by atoms with Crippen molar-refractivity contribution in [3.8, 4) is 0 Å². The fourth-order valence-electron chi connectivity index (χ4n) is 2.74. The quantitative estimate of drug-likeness (QED) is 0.847. The number of nitrogens with two attached hydrogens (primary N) is 1. The number of anilines is 1. The van der Waals surface area contributed by atoms with Gasteiger partial charge in [0.05, 0.1) is 5.69 Å². The maximum atomic E-state index is 13.9. The standard InChI is InChI=1S/C15H20F2N2O/c1-9-3-5-10(6-4-9)19(2)15(20)13-11(16)7-8-12(18)14(13)17/h7-10H,3-6,18H2,1-2H3. The third kappa shape index (κ3) is 2.76. The second-order valence-corrected chi connectivity index (χ2v) is 5.66. The van der Waals surface area contributed by atoms with Crippen LogP contribution in [0.4, 0.5) is 14.5 Å². The lowest BCUT2D eigenvalue weighted by molar-refractivity contribution is 0.0670. The van der Waals surface area contributed by atoms with Crippen LogP contribution in [-0.4, -0.2) is 23.9 Å². The third-order valence-corrected chi connectivity index (χ3v) is 4.19. The highest BCUT2D eigenvalue weighted by molar-refractivity contribution is 5.95. The van der Waals surface area contributed by atoms with Gasteiger partial charge in [-0.1, -0.05) is 6.92 Å². The van der Waals surface area contributed by atoms with Crippen molar-refractivity contribution in [2.75, 3.05) is 12.8 Å². The van der Waals surface area contributed by atoms with Gasteiger partial charge in [0, 0.05) is 13.1 Å². The van der Waals surface area contributed by atoms with Crippen LogP contribution in [0.25, 0.3) is 0 Å². The molecule has 0 heterocycles. The van der Waals surface area contributed by atoms with Crippen molar-refractivity contribution < 1.29 is 13.6 Å². The highest BCUT2D eigenvalue weighted by Crippen LogP contribution is 2.28. The summed E-state index contributed by atoms with van der Waals surface area (Å²) in [4.78, 5) is 13.8. The highest BCUT2D eigenvalue weighted by Gasteiger charge is 2.29.